The van der Waals surface area contributed by atoms with Gasteiger partial charge in [-0.3, -0.25) is 20.2 Å². The van der Waals surface area contributed by atoms with Crippen LogP contribution in [0.3, 0.4) is 0 Å². The van der Waals surface area contributed by atoms with Crippen LogP contribution in [0.15, 0.2) is 0 Å². The third-order valence-corrected chi connectivity index (χ3v) is 0.146. The summed E-state index contributed by atoms with van der Waals surface area (Å²) in [4.78, 5) is 18.0. The second-order valence-electron chi connectivity index (χ2n) is 0.565. The highest BCUT2D eigenvalue weighted by atomic mass is 16.8. The van der Waals surface area contributed by atoms with Gasteiger partial charge >= 0.3 is 0 Å². The molecule has 0 aliphatic heterocycles. The molecule has 4 N–H and O–H groups in total. The Morgan fingerprint density at radius 2 is 1.44 bits per heavy atom. The van der Waals surface area contributed by atoms with Gasteiger partial charge in [-0.25, -0.2) is 11.1 Å². The van der Waals surface area contributed by atoms with E-state index >= 15 is 0 Å². The zero-order valence-electron chi connectivity index (χ0n) is 4.13. The van der Waals surface area contributed by atoms with Crippen molar-refractivity contribution in [3.05, 3.63) is 25.8 Å². The lowest BCUT2D eigenvalue weighted by Crippen LogP contribution is -2.42. The van der Waals surface area contributed by atoms with Gasteiger partial charge in [-0.05, 0) is 5.53 Å². The Morgan fingerprint density at radius 1 is 1.22 bits per heavy atom. The summed E-state index contributed by atoms with van der Waals surface area (Å²) in [6, 6.07) is 0. The van der Waals surface area contributed by atoms with Crippen LogP contribution in [0.25, 0.3) is 5.53 Å². The van der Waals surface area contributed by atoms with Crippen molar-refractivity contribution in [2.24, 2.45) is 0 Å². The first-order valence-corrected chi connectivity index (χ1v) is 1.45. The van der Waals surface area contributed by atoms with Crippen LogP contribution >= 0.6 is 0 Å². The van der Waals surface area contributed by atoms with E-state index in [9.17, 15) is 0 Å². The van der Waals surface area contributed by atoms with Gasteiger partial charge in [-0.2, -0.15) is 0 Å². The minimum absolute atomic E-state index is 1.38. The van der Waals surface area contributed by atoms with Crippen LogP contribution in [0, 0.1) is 20.2 Å². The van der Waals surface area contributed by atoms with Gasteiger partial charge in [0.2, 0.25) is 0 Å². The predicted molar refractivity (Wildman–Crippen MR) is 22.0 cm³/mol. The Morgan fingerprint density at radius 3 is 1.44 bits per heavy atom. The molecule has 0 saturated carbocycles. The summed E-state index contributed by atoms with van der Waals surface area (Å²) in [5, 5.41) is 22.0. The molecule has 0 radical (unpaired) electrons. The molecule has 0 aliphatic rings. The third-order valence-electron chi connectivity index (χ3n) is 0.146. The lowest BCUT2D eigenvalue weighted by molar-refractivity contribution is -0.670. The maximum Gasteiger partial charge on any atom is 0.0464 e. The molecule has 0 aromatic rings. The molecule has 0 amide bonds. The predicted octanol–water partition coefficient (Wildman–Crippen LogP) is -1.64. The van der Waals surface area contributed by atoms with Crippen LogP contribution in [0.1, 0.15) is 0 Å². The molecule has 0 fully saturated rings. The van der Waals surface area contributed by atoms with Crippen LogP contribution in [-0.4, -0.2) is 15.3 Å². The van der Waals surface area contributed by atoms with Crippen LogP contribution in [0.2, 0.25) is 0 Å². The Labute approximate surface area is 48.3 Å². The standard InChI is InChI=1S/N3O4.H4NO/c4-2(5)1-3(6)7;1-2/h;2H,1H3/q-1;+1. The summed E-state index contributed by atoms with van der Waals surface area (Å²) in [5.41, 5.74) is 1.72. The lowest BCUT2D eigenvalue weighted by Gasteiger charge is -1.92. The summed E-state index contributed by atoms with van der Waals surface area (Å²) in [6.45, 7) is 0. The van der Waals surface area contributed by atoms with Crippen LogP contribution in [0.5, 0.6) is 0 Å². The van der Waals surface area contributed by atoms with Gasteiger partial charge in [0.15, 0.2) is 0 Å². The van der Waals surface area contributed by atoms with Crippen LogP contribution in [-0.2, 0) is 0 Å². The Kier molecular flexibility index (Phi) is 7.60. The highest BCUT2D eigenvalue weighted by Crippen LogP contribution is 1.82. The summed E-state index contributed by atoms with van der Waals surface area (Å²) < 4.78 is 0. The molecule has 0 spiro atoms. The summed E-state index contributed by atoms with van der Waals surface area (Å²) in [5.74, 6) is 2.25. The topological polar surface area (TPSA) is 148 Å². The van der Waals surface area contributed by atoms with Crippen LogP contribution < -0.4 is 5.90 Å². The molecule has 0 atom stereocenters. The molecular formula is H4N4O5. The quantitative estimate of drug-likeness (QED) is 0.348. The summed E-state index contributed by atoms with van der Waals surface area (Å²) in [6.07, 6.45) is 0. The van der Waals surface area contributed by atoms with Crippen LogP contribution in [0.4, 0.5) is 0 Å². The molecule has 0 aliphatic carbocycles. The van der Waals surface area contributed by atoms with Gasteiger partial charge in [0.05, 0.1) is 0 Å². The molecular weight excluding hydrogens is 136 g/mol. The molecule has 9 nitrogen and oxygen atoms in total. The second kappa shape index (κ2) is 6.52. The smallest absolute Gasteiger partial charge is 0.0464 e. The Bertz CT molecular complexity index is 85.1. The third kappa shape index (κ3) is 21.0. The molecule has 0 saturated heterocycles. The number of hydrogen-bond donors (Lipinski definition) is 2. The lowest BCUT2D eigenvalue weighted by atomic mass is 12.4. The molecule has 9 heteroatoms. The molecule has 0 rings (SSSR count). The zero-order valence-corrected chi connectivity index (χ0v) is 4.13. The van der Waals surface area contributed by atoms with Gasteiger partial charge in [-0.1, -0.05) is 0 Å². The van der Waals surface area contributed by atoms with Gasteiger partial charge < -0.3 is 0 Å². The maximum absolute atomic E-state index is 9.01. The van der Waals surface area contributed by atoms with Crippen molar-refractivity contribution < 1.29 is 21.2 Å². The summed E-state index contributed by atoms with van der Waals surface area (Å²) >= 11 is 0. The minimum Gasteiger partial charge on any atom is -0.264 e. The number of nitrogens with zero attached hydrogens (tertiary/aromatic N) is 3. The number of rotatable bonds is 2. The monoisotopic (exact) mass is 140 g/mol. The largest absolute Gasteiger partial charge is 0.264 e. The number of quaternary nitrogens is 1. The zero-order chi connectivity index (χ0) is 7.86. The molecule has 0 aromatic carbocycles. The fraction of sp³-hybridized carbons (Fsp3) is 0. The van der Waals surface area contributed by atoms with E-state index in [-0.39, 0.29) is 0 Å². The van der Waals surface area contributed by atoms with Crippen molar-refractivity contribution in [1.29, 1.82) is 0 Å². The van der Waals surface area contributed by atoms with Crippen molar-refractivity contribution in [1.82, 2.24) is 0 Å². The molecule has 0 aromatic heterocycles. The first-order valence-electron chi connectivity index (χ1n) is 1.45. The Balaban J connectivity index is 0. The fourth-order valence-corrected chi connectivity index (χ4v) is 0.0596. The van der Waals surface area contributed by atoms with Crippen molar-refractivity contribution in [3.63, 3.8) is 0 Å². The summed E-state index contributed by atoms with van der Waals surface area (Å²) in [7, 11) is 0. The van der Waals surface area contributed by atoms with E-state index in [1.54, 1.807) is 5.53 Å². The van der Waals surface area contributed by atoms with E-state index in [0.29, 0.717) is 0 Å². The molecule has 0 heterocycles. The van der Waals surface area contributed by atoms with Gasteiger partial charge in [0.25, 0.3) is 0 Å². The van der Waals surface area contributed by atoms with Gasteiger partial charge in [-0.15, -0.1) is 0 Å². The molecule has 0 unspecified atom stereocenters. The van der Waals surface area contributed by atoms with E-state index in [1.165, 1.54) is 0 Å². The van der Waals surface area contributed by atoms with E-state index in [4.69, 9.17) is 25.4 Å². The maximum atomic E-state index is 9.01. The highest BCUT2D eigenvalue weighted by Gasteiger charge is 1.83. The van der Waals surface area contributed by atoms with Crippen molar-refractivity contribution in [2.75, 3.05) is 0 Å². The molecule has 54 valence electrons. The van der Waals surface area contributed by atoms with Gasteiger partial charge in [0, 0.05) is 10.1 Å². The first kappa shape index (κ1) is 10.5. The van der Waals surface area contributed by atoms with E-state index in [2.05, 4.69) is 5.90 Å². The van der Waals surface area contributed by atoms with Crippen molar-refractivity contribution in [2.45, 2.75) is 0 Å². The van der Waals surface area contributed by atoms with Crippen molar-refractivity contribution in [3.8, 4) is 0 Å². The number of hydrogen-bond acceptors (Lipinski definition) is 5. The average Bonchev–Trinajstić information content (AvgIpc) is 1.68. The Hall–Kier alpha value is -1.48. The van der Waals surface area contributed by atoms with E-state index < -0.39 is 10.1 Å². The highest BCUT2D eigenvalue weighted by molar-refractivity contribution is 4.25. The number of nitro groups is 2. The van der Waals surface area contributed by atoms with E-state index in [0.717, 1.165) is 0 Å². The minimum atomic E-state index is -1.38. The normalized spacial score (nSPS) is 6.44. The second-order valence-corrected chi connectivity index (χ2v) is 0.565. The molecule has 9 heavy (non-hydrogen) atoms. The van der Waals surface area contributed by atoms with Crippen molar-refractivity contribution >= 4 is 0 Å². The van der Waals surface area contributed by atoms with Gasteiger partial charge in [0.1, 0.15) is 0 Å². The molecule has 0 bridgehead atoms. The van der Waals surface area contributed by atoms with E-state index in [1.807, 2.05) is 0 Å². The first-order chi connectivity index (χ1) is 4.13. The SMILES string of the molecule is O=[N+]([O-])[N-][N+](=O)[O-].[NH3+]O. The fourth-order valence-electron chi connectivity index (χ4n) is 0.0596. The average molecular weight is 140 g/mol.